The van der Waals surface area contributed by atoms with Crippen LogP contribution in [0.4, 0.5) is 0 Å². The highest BCUT2D eigenvalue weighted by molar-refractivity contribution is 8.01. The van der Waals surface area contributed by atoms with Crippen LogP contribution in [0.5, 0.6) is 23.0 Å². The van der Waals surface area contributed by atoms with E-state index in [0.29, 0.717) is 118 Å². The average Bonchev–Trinajstić information content (AvgIpc) is 0.688. The molecule has 17 rings (SSSR count). The zero-order valence-electron chi connectivity index (χ0n) is 50.8. The Labute approximate surface area is 514 Å². The van der Waals surface area contributed by atoms with Gasteiger partial charge in [0, 0.05) is 97.1 Å². The number of ether oxygens (including phenoxy) is 4. The second-order valence-electron chi connectivity index (χ2n) is 27.6. The smallest absolute Gasteiger partial charge is 0.261 e. The van der Waals surface area contributed by atoms with Crippen LogP contribution in [0.25, 0.3) is 43.1 Å². The van der Waals surface area contributed by atoms with E-state index in [1.807, 2.05) is 72.1 Å². The van der Waals surface area contributed by atoms with Gasteiger partial charge in [-0.1, -0.05) is 65.5 Å². The first-order valence-corrected chi connectivity index (χ1v) is 34.7. The van der Waals surface area contributed by atoms with E-state index in [-0.39, 0.29) is 46.2 Å². The lowest BCUT2D eigenvalue weighted by molar-refractivity contribution is 0.0382. The van der Waals surface area contributed by atoms with E-state index in [2.05, 4.69) is 52.0 Å². The van der Waals surface area contributed by atoms with E-state index in [1.165, 1.54) is 48.3 Å². The van der Waals surface area contributed by atoms with Crippen LogP contribution < -0.4 is 18.9 Å². The molecule has 0 saturated heterocycles. The Morgan fingerprint density at radius 3 is 1.08 bits per heavy atom. The van der Waals surface area contributed by atoms with Crippen LogP contribution in [0.1, 0.15) is 209 Å². The molecule has 0 N–H and O–H groups in total. The predicted molar refractivity (Wildman–Crippen MR) is 344 cm³/mol. The average molecular weight is 1190 g/mol. The molecule has 448 valence electrons. The third kappa shape index (κ3) is 9.74. The maximum absolute atomic E-state index is 15.9. The van der Waals surface area contributed by atoms with Crippen molar-refractivity contribution in [3.8, 4) is 23.0 Å². The largest absolute Gasteiger partial charge is 0.493 e. The van der Waals surface area contributed by atoms with Gasteiger partial charge in [-0.15, -0.1) is 23.5 Å². The summed E-state index contributed by atoms with van der Waals surface area (Å²) in [6.07, 6.45) is 22.4. The van der Waals surface area contributed by atoms with Crippen molar-refractivity contribution < 1.29 is 38.1 Å². The van der Waals surface area contributed by atoms with Crippen LogP contribution in [0.2, 0.25) is 0 Å². The summed E-state index contributed by atoms with van der Waals surface area (Å²) in [7, 11) is 0. The van der Waals surface area contributed by atoms with Gasteiger partial charge in [-0.05, 0) is 198 Å². The molecule has 0 spiro atoms. The molecule has 7 aromatic rings. The summed E-state index contributed by atoms with van der Waals surface area (Å²) in [5.41, 5.74) is 3.67. The lowest BCUT2D eigenvalue weighted by Crippen LogP contribution is -2.48. The molecular weight excluding hydrogens is 1110 g/mol. The second kappa shape index (κ2) is 22.6. The van der Waals surface area contributed by atoms with Gasteiger partial charge in [-0.25, -0.2) is 0 Å². The topological polar surface area (TPSA) is 112 Å². The molecule has 8 bridgehead atoms. The molecule has 0 radical (unpaired) electrons. The molecule has 2 aliphatic heterocycles. The van der Waals surface area contributed by atoms with Crippen molar-refractivity contribution in [1.29, 1.82) is 0 Å². The number of fused-ring (bicyclic) bond motifs is 2. The van der Waals surface area contributed by atoms with E-state index in [9.17, 15) is 0 Å². The van der Waals surface area contributed by atoms with Crippen molar-refractivity contribution >= 4 is 90.2 Å². The number of nitrogens with zero attached hydrogens (tertiary/aromatic N) is 2. The normalized spacial score (nSPS) is 26.0. The van der Waals surface area contributed by atoms with Crippen LogP contribution in [0.15, 0.2) is 82.6 Å². The number of hydrogen-bond donors (Lipinski definition) is 0. The van der Waals surface area contributed by atoms with Gasteiger partial charge in [-0.3, -0.25) is 29.0 Å². The Hall–Kier alpha value is -5.98. The zero-order chi connectivity index (χ0) is 58.6. The highest BCUT2D eigenvalue weighted by Gasteiger charge is 2.54. The van der Waals surface area contributed by atoms with Gasteiger partial charge in [-0.2, -0.15) is 0 Å². The first-order valence-electron chi connectivity index (χ1n) is 33.1. The monoisotopic (exact) mass is 1190 g/mol. The van der Waals surface area contributed by atoms with Gasteiger partial charge in [0.1, 0.15) is 23.0 Å². The Morgan fingerprint density at radius 1 is 0.395 bits per heavy atom. The molecule has 10 nitrogen and oxygen atoms in total. The van der Waals surface area contributed by atoms with Crippen LogP contribution in [0, 0.1) is 35.5 Å². The van der Waals surface area contributed by atoms with Crippen molar-refractivity contribution in [3.05, 3.63) is 106 Å². The van der Waals surface area contributed by atoms with Gasteiger partial charge >= 0.3 is 0 Å². The first-order chi connectivity index (χ1) is 41.9. The molecule has 0 atom stereocenters. The van der Waals surface area contributed by atoms with Gasteiger partial charge in [0.15, 0.2) is 0 Å². The van der Waals surface area contributed by atoms with Gasteiger partial charge in [0.25, 0.3) is 23.6 Å². The van der Waals surface area contributed by atoms with Gasteiger partial charge in [0.2, 0.25) is 0 Å². The number of thioether (sulfide) groups is 2. The highest BCUT2D eigenvalue weighted by Crippen LogP contribution is 2.66. The van der Waals surface area contributed by atoms with Crippen molar-refractivity contribution in [2.24, 2.45) is 35.5 Å². The summed E-state index contributed by atoms with van der Waals surface area (Å²) < 4.78 is 25.3. The number of amides is 4. The lowest BCUT2D eigenvalue weighted by atomic mass is 9.56. The van der Waals surface area contributed by atoms with Crippen LogP contribution in [-0.4, -0.2) is 69.4 Å². The highest BCUT2D eigenvalue weighted by atomic mass is 32.2. The van der Waals surface area contributed by atoms with Crippen molar-refractivity contribution in [3.63, 3.8) is 0 Å². The number of unbranched alkanes of at least 4 members (excludes halogenated alkanes) is 4. The van der Waals surface area contributed by atoms with E-state index >= 15 is 19.2 Å². The van der Waals surface area contributed by atoms with Crippen LogP contribution in [-0.2, 0) is 13.1 Å². The minimum absolute atomic E-state index is 0.0137. The summed E-state index contributed by atoms with van der Waals surface area (Å²) in [5.74, 6) is 5.65. The minimum atomic E-state index is -0.322. The number of rotatable bonds is 24. The third-order valence-corrected chi connectivity index (χ3v) is 24.3. The van der Waals surface area contributed by atoms with Crippen molar-refractivity contribution in [1.82, 2.24) is 9.80 Å². The first kappa shape index (κ1) is 56.5. The summed E-state index contributed by atoms with van der Waals surface area (Å²) in [6.45, 7) is 10.9. The molecule has 8 aliphatic carbocycles. The number of carbonyl (C=O) groups excluding carboxylic acids is 4. The SMILES string of the molecule is CCCCOc1ccc(CN2C(=O)c3ccc4c5c(SC67CC8CC(CC(C8)C6)C7)cc6c7c(ccc(c8c(SC9%10CC%11CC(CC(C%11)C9)C%10)cc(c3c48)C2=O)c75)C(=O)N(Cc2ccc(OCCCC)cc2OCCCC)C6=O)c(OCCCC)c1. The maximum Gasteiger partial charge on any atom is 0.261 e. The number of benzene rings is 7. The second-order valence-corrected chi connectivity index (χ2v) is 30.6. The van der Waals surface area contributed by atoms with E-state index in [4.69, 9.17) is 18.9 Å². The maximum atomic E-state index is 15.9. The summed E-state index contributed by atoms with van der Waals surface area (Å²) in [6, 6.07) is 24.2. The van der Waals surface area contributed by atoms with E-state index < -0.39 is 0 Å². The molecule has 10 aliphatic rings. The minimum Gasteiger partial charge on any atom is -0.493 e. The molecule has 7 aromatic carbocycles. The van der Waals surface area contributed by atoms with Gasteiger partial charge in [0.05, 0.1) is 39.5 Å². The standard InChI is InChI=1S/C74H82N2O8S2/c1-5-9-21-81-51-15-13-49(59(31-51)83-23-11-7-3)41-75-69(77)55-19-17-53-66-62(86-74-38-46-28-47(39-74)30-48(29-46)40-74)34-58-64-56(70(78)76(72(58)80)42-50-14-16-52(82-22-10-6-2)32-60(50)84-24-12-8-4)20-18-54(68(64)66)65-61(33-57(71(75)79)63(55)67(53)65)85-73-35-43-25-44(36-73)27-45(26-43)37-73/h13-20,31-34,43-48H,5-12,21-30,35-42H2,1-4H3. The number of carbonyl (C=O) groups is 4. The Morgan fingerprint density at radius 2 is 0.733 bits per heavy atom. The molecule has 8 saturated carbocycles. The van der Waals surface area contributed by atoms with Crippen LogP contribution >= 0.6 is 23.5 Å². The summed E-state index contributed by atoms with van der Waals surface area (Å²) in [4.78, 5) is 67.8. The molecule has 8 fully saturated rings. The molecular formula is C74H82N2O8S2. The lowest BCUT2D eigenvalue weighted by Gasteiger charge is -2.56. The van der Waals surface area contributed by atoms with E-state index in [0.717, 1.165) is 143 Å². The molecule has 2 heterocycles. The number of hydrogen-bond acceptors (Lipinski definition) is 10. The Kier molecular flexibility index (Phi) is 14.8. The third-order valence-electron chi connectivity index (χ3n) is 21.3. The molecule has 4 amide bonds. The fourth-order valence-corrected chi connectivity index (χ4v) is 22.0. The molecule has 0 unspecified atom stereocenters. The van der Waals surface area contributed by atoms with Crippen molar-refractivity contribution in [2.75, 3.05) is 26.4 Å². The summed E-state index contributed by atoms with van der Waals surface area (Å²) >= 11 is 3.99. The Balaban J connectivity index is 0.915. The Bertz CT molecular complexity index is 3570. The molecule has 0 aromatic heterocycles. The fourth-order valence-electron chi connectivity index (χ4n) is 18.2. The fraction of sp³-hybridized carbons (Fsp3) is 0.514. The predicted octanol–water partition coefficient (Wildman–Crippen LogP) is 18.2. The zero-order valence-corrected chi connectivity index (χ0v) is 52.4. The molecule has 86 heavy (non-hydrogen) atoms. The van der Waals surface area contributed by atoms with E-state index in [1.54, 1.807) is 0 Å². The molecule has 12 heteroatoms. The van der Waals surface area contributed by atoms with Crippen LogP contribution in [0.3, 0.4) is 0 Å². The number of imide groups is 2. The quantitative estimate of drug-likeness (QED) is 0.0251. The summed E-state index contributed by atoms with van der Waals surface area (Å²) in [5, 5.41) is 7.32. The van der Waals surface area contributed by atoms with Crippen molar-refractivity contribution in [2.45, 2.75) is 188 Å². The van der Waals surface area contributed by atoms with Gasteiger partial charge < -0.3 is 18.9 Å².